The summed E-state index contributed by atoms with van der Waals surface area (Å²) in [6, 6.07) is 10.1. The topological polar surface area (TPSA) is 88.2 Å². The van der Waals surface area contributed by atoms with Crippen molar-refractivity contribution in [3.05, 3.63) is 69.3 Å². The maximum absolute atomic E-state index is 13.6. The molecule has 9 heteroatoms. The van der Waals surface area contributed by atoms with Gasteiger partial charge in [0.2, 0.25) is 0 Å². The second-order valence-electron chi connectivity index (χ2n) is 6.98. The first-order valence-electron chi connectivity index (χ1n) is 8.89. The Morgan fingerprint density at radius 2 is 1.97 bits per heavy atom. The fourth-order valence-corrected chi connectivity index (χ4v) is 3.58. The van der Waals surface area contributed by atoms with Gasteiger partial charge in [0.05, 0.1) is 16.6 Å². The molecule has 1 aliphatic rings. The second-order valence-corrected chi connectivity index (χ2v) is 6.98. The zero-order chi connectivity index (χ0) is 21.2. The lowest BCUT2D eigenvalue weighted by Gasteiger charge is -2.23. The molecule has 152 valence electrons. The van der Waals surface area contributed by atoms with Gasteiger partial charge in [0, 0.05) is 23.6 Å². The lowest BCUT2D eigenvalue weighted by Crippen LogP contribution is -2.44. The lowest BCUT2D eigenvalue weighted by atomic mass is 9.89. The summed E-state index contributed by atoms with van der Waals surface area (Å²) < 4.78 is 46.3. The van der Waals surface area contributed by atoms with Crippen molar-refractivity contribution in [2.24, 2.45) is 0 Å². The highest BCUT2D eigenvalue weighted by atomic mass is 19.4. The fourth-order valence-electron chi connectivity index (χ4n) is 3.58. The van der Waals surface area contributed by atoms with Crippen LogP contribution in [0.1, 0.15) is 29.0 Å². The van der Waals surface area contributed by atoms with Crippen LogP contribution >= 0.6 is 0 Å². The highest BCUT2D eigenvalue weighted by molar-refractivity contribution is 5.43. The number of aryl methyl sites for hydroxylation is 1. The molecule has 0 aliphatic carbocycles. The Morgan fingerprint density at radius 1 is 1.28 bits per heavy atom. The van der Waals surface area contributed by atoms with Crippen molar-refractivity contribution < 1.29 is 22.8 Å². The minimum Gasteiger partial charge on any atom is -0.492 e. The van der Waals surface area contributed by atoms with Crippen molar-refractivity contribution in [1.82, 2.24) is 5.32 Å². The molecule has 6 nitrogen and oxygen atoms in total. The van der Waals surface area contributed by atoms with Gasteiger partial charge in [0.1, 0.15) is 18.4 Å². The number of nitro benzene ring substituents is 1. The molecule has 1 fully saturated rings. The van der Waals surface area contributed by atoms with Crippen molar-refractivity contribution in [3.63, 3.8) is 0 Å². The molecule has 0 amide bonds. The smallest absolute Gasteiger partial charge is 0.404 e. The largest absolute Gasteiger partial charge is 0.492 e. The molecule has 2 aromatic rings. The van der Waals surface area contributed by atoms with Gasteiger partial charge in [-0.2, -0.15) is 18.4 Å². The number of ether oxygens (including phenoxy) is 1. The average Bonchev–Trinajstić information content (AvgIpc) is 3.11. The molecule has 0 aromatic heterocycles. The van der Waals surface area contributed by atoms with E-state index in [9.17, 15) is 23.3 Å². The lowest BCUT2D eigenvalue weighted by molar-refractivity contribution is -0.385. The van der Waals surface area contributed by atoms with E-state index in [0.717, 1.165) is 0 Å². The van der Waals surface area contributed by atoms with Gasteiger partial charge in [-0.15, -0.1) is 0 Å². The molecule has 0 spiro atoms. The zero-order valence-electron chi connectivity index (χ0n) is 15.4. The molecule has 29 heavy (non-hydrogen) atoms. The quantitative estimate of drug-likeness (QED) is 0.594. The minimum absolute atomic E-state index is 0.0287. The first-order valence-corrected chi connectivity index (χ1v) is 8.89. The maximum atomic E-state index is 13.6. The molecule has 3 rings (SSSR count). The molecule has 1 saturated heterocycles. The van der Waals surface area contributed by atoms with E-state index < -0.39 is 29.1 Å². The average molecular weight is 405 g/mol. The molecule has 2 aromatic carbocycles. The van der Waals surface area contributed by atoms with Crippen molar-refractivity contribution in [2.75, 3.05) is 6.61 Å². The Balaban J connectivity index is 1.75. The summed E-state index contributed by atoms with van der Waals surface area (Å²) in [6.45, 7) is 1.54. The monoisotopic (exact) mass is 405 g/mol. The standard InChI is InChI=1S/C20H18F3N3O3/c1-12-8-14(4-7-18(12)26(27)28)17-9-15(25-19(17)20(21,22)23)11-29-16-5-2-13(10-24)3-6-16/h2-8,15,17,19,25H,9,11H2,1H3/t15-,17?,19-/m0/s1. The van der Waals surface area contributed by atoms with Gasteiger partial charge in [-0.05, 0) is 49.2 Å². The molecule has 0 bridgehead atoms. The third kappa shape index (κ3) is 4.66. The molecule has 0 radical (unpaired) electrons. The Kier molecular flexibility index (Phi) is 5.75. The van der Waals surface area contributed by atoms with Gasteiger partial charge in [0.25, 0.3) is 5.69 Å². The SMILES string of the molecule is Cc1cc(C2C[C@@H](COc3ccc(C#N)cc3)N[C@@H]2C(F)(F)F)ccc1[N+](=O)[O-]. The minimum atomic E-state index is -4.47. The Morgan fingerprint density at radius 3 is 2.52 bits per heavy atom. The molecule has 3 atom stereocenters. The summed E-state index contributed by atoms with van der Waals surface area (Å²) >= 11 is 0. The normalized spacial score (nSPS) is 21.6. The second kappa shape index (κ2) is 8.09. The predicted molar refractivity (Wildman–Crippen MR) is 98.6 cm³/mol. The van der Waals surface area contributed by atoms with Gasteiger partial charge >= 0.3 is 6.18 Å². The highest BCUT2D eigenvalue weighted by Crippen LogP contribution is 2.40. The van der Waals surface area contributed by atoms with Gasteiger partial charge in [-0.25, -0.2) is 0 Å². The third-order valence-corrected chi connectivity index (χ3v) is 4.99. The van der Waals surface area contributed by atoms with Crippen molar-refractivity contribution in [1.29, 1.82) is 5.26 Å². The van der Waals surface area contributed by atoms with Crippen molar-refractivity contribution in [3.8, 4) is 11.8 Å². The summed E-state index contributed by atoms with van der Waals surface area (Å²) in [5.74, 6) is -0.409. The van der Waals surface area contributed by atoms with E-state index in [4.69, 9.17) is 10.00 Å². The van der Waals surface area contributed by atoms with Crippen LogP contribution < -0.4 is 10.1 Å². The van der Waals surface area contributed by atoms with Crippen molar-refractivity contribution >= 4 is 5.69 Å². The highest BCUT2D eigenvalue weighted by Gasteiger charge is 2.50. The van der Waals surface area contributed by atoms with E-state index in [0.29, 0.717) is 22.4 Å². The predicted octanol–water partition coefficient (Wildman–Crippen LogP) is 4.23. The molecule has 1 unspecified atom stereocenters. The van der Waals surface area contributed by atoms with Crippen LogP contribution in [0.5, 0.6) is 5.75 Å². The summed E-state index contributed by atoms with van der Waals surface area (Å²) in [5.41, 5.74) is 1.07. The van der Waals surface area contributed by atoms with E-state index in [1.807, 2.05) is 6.07 Å². The molecular formula is C20H18F3N3O3. The first kappa shape index (κ1) is 20.6. The number of hydrogen-bond donors (Lipinski definition) is 1. The van der Waals surface area contributed by atoms with E-state index in [-0.39, 0.29) is 18.7 Å². The molecule has 1 N–H and O–H groups in total. The van der Waals surface area contributed by atoms with Gasteiger partial charge < -0.3 is 4.74 Å². The van der Waals surface area contributed by atoms with Crippen LogP contribution in [0.4, 0.5) is 18.9 Å². The van der Waals surface area contributed by atoms with Crippen LogP contribution in [-0.2, 0) is 0 Å². The van der Waals surface area contributed by atoms with Crippen LogP contribution in [0, 0.1) is 28.4 Å². The van der Waals surface area contributed by atoms with Gasteiger partial charge in [0.15, 0.2) is 0 Å². The Hall–Kier alpha value is -3.12. The number of alkyl halides is 3. The zero-order valence-corrected chi connectivity index (χ0v) is 15.4. The van der Waals surface area contributed by atoms with Crippen LogP contribution in [0.15, 0.2) is 42.5 Å². The van der Waals surface area contributed by atoms with Crippen LogP contribution in [-0.4, -0.2) is 29.8 Å². The van der Waals surface area contributed by atoms with Gasteiger partial charge in [-0.1, -0.05) is 6.07 Å². The number of benzene rings is 2. The molecule has 0 saturated carbocycles. The van der Waals surface area contributed by atoms with Crippen LogP contribution in [0.2, 0.25) is 0 Å². The van der Waals surface area contributed by atoms with E-state index in [2.05, 4.69) is 5.32 Å². The van der Waals surface area contributed by atoms with E-state index in [1.165, 1.54) is 25.1 Å². The number of rotatable bonds is 5. The van der Waals surface area contributed by atoms with E-state index in [1.54, 1.807) is 24.3 Å². The molecule has 1 aliphatic heterocycles. The first-order chi connectivity index (χ1) is 13.7. The number of nitro groups is 1. The summed E-state index contributed by atoms with van der Waals surface area (Å²) in [4.78, 5) is 10.4. The number of hydrogen-bond acceptors (Lipinski definition) is 5. The van der Waals surface area contributed by atoms with Crippen LogP contribution in [0.3, 0.4) is 0 Å². The number of nitrogens with one attached hydrogen (secondary N) is 1. The number of halogens is 3. The number of nitriles is 1. The summed E-state index contributed by atoms with van der Waals surface area (Å²) in [5, 5.41) is 22.4. The van der Waals surface area contributed by atoms with Crippen LogP contribution in [0.25, 0.3) is 0 Å². The Labute approximate surface area is 165 Å². The fraction of sp³-hybridized carbons (Fsp3) is 0.350. The maximum Gasteiger partial charge on any atom is 0.404 e. The number of nitrogens with zero attached hydrogens (tertiary/aromatic N) is 2. The van der Waals surface area contributed by atoms with E-state index >= 15 is 0 Å². The molecule has 1 heterocycles. The van der Waals surface area contributed by atoms with Gasteiger partial charge in [-0.3, -0.25) is 15.4 Å². The molecular weight excluding hydrogens is 387 g/mol. The third-order valence-electron chi connectivity index (χ3n) is 4.99. The van der Waals surface area contributed by atoms with Crippen molar-refractivity contribution in [2.45, 2.75) is 37.5 Å². The summed E-state index contributed by atoms with van der Waals surface area (Å²) in [6.07, 6.45) is -4.29. The summed E-state index contributed by atoms with van der Waals surface area (Å²) in [7, 11) is 0. The Bertz CT molecular complexity index is 939.